The molecule has 0 aliphatic rings. The summed E-state index contributed by atoms with van der Waals surface area (Å²) in [6.45, 7) is 10.4. The Hall–Kier alpha value is -3.01. The van der Waals surface area contributed by atoms with Crippen LogP contribution in [0.15, 0.2) is 72.9 Å². The maximum atomic E-state index is 5.80. The van der Waals surface area contributed by atoms with Crippen LogP contribution in [0.4, 0.5) is 5.69 Å². The molecule has 0 aliphatic heterocycles. The fraction of sp³-hybridized carbons (Fsp3) is 0.190. The van der Waals surface area contributed by atoms with Crippen LogP contribution < -0.4 is 14.9 Å². The lowest BCUT2D eigenvalue weighted by Crippen LogP contribution is -2.03. The van der Waals surface area contributed by atoms with Gasteiger partial charge in [-0.3, -0.25) is 5.43 Å². The zero-order valence-corrected chi connectivity index (χ0v) is 14.6. The molecule has 0 fully saturated rings. The van der Waals surface area contributed by atoms with Crippen molar-refractivity contribution in [2.24, 2.45) is 5.10 Å². The van der Waals surface area contributed by atoms with Crippen molar-refractivity contribution in [1.29, 1.82) is 0 Å². The molecule has 130 valence electrons. The average molecular weight is 336 g/mol. The van der Waals surface area contributed by atoms with Gasteiger partial charge >= 0.3 is 0 Å². The number of rotatable bonds is 10. The maximum absolute atomic E-state index is 5.80. The van der Waals surface area contributed by atoms with Crippen molar-refractivity contribution in [2.45, 2.75) is 13.3 Å². The van der Waals surface area contributed by atoms with Crippen molar-refractivity contribution in [1.82, 2.24) is 0 Å². The lowest BCUT2D eigenvalue weighted by molar-refractivity contribution is 0.295. The van der Waals surface area contributed by atoms with E-state index < -0.39 is 0 Å². The first-order chi connectivity index (χ1) is 12.3. The molecule has 0 aromatic heterocycles. The van der Waals surface area contributed by atoms with Gasteiger partial charge in [0.25, 0.3) is 0 Å². The molecule has 1 N–H and O–H groups in total. The van der Waals surface area contributed by atoms with E-state index in [0.29, 0.717) is 25.4 Å². The summed E-state index contributed by atoms with van der Waals surface area (Å²) >= 11 is 0. The third-order valence-corrected chi connectivity index (χ3v) is 3.34. The molecular formula is C21H24N2O2. The summed E-state index contributed by atoms with van der Waals surface area (Å²) in [5.74, 6) is 1.43. The molecule has 2 rings (SSSR count). The molecule has 0 saturated carbocycles. The Bertz CT molecular complexity index is 724. The van der Waals surface area contributed by atoms with Crippen molar-refractivity contribution >= 4 is 11.9 Å². The minimum absolute atomic E-state index is 0.424. The number of nitrogens with one attached hydrogen (secondary N) is 1. The molecule has 0 aliphatic carbocycles. The Morgan fingerprint density at radius 1 is 1.08 bits per heavy atom. The lowest BCUT2D eigenvalue weighted by Gasteiger charge is -2.15. The predicted molar refractivity (Wildman–Crippen MR) is 105 cm³/mol. The van der Waals surface area contributed by atoms with Crippen molar-refractivity contribution in [3.05, 3.63) is 78.9 Å². The third kappa shape index (κ3) is 5.53. The second-order valence-corrected chi connectivity index (χ2v) is 5.27. The second-order valence-electron chi connectivity index (χ2n) is 5.27. The zero-order chi connectivity index (χ0) is 17.9. The van der Waals surface area contributed by atoms with Crippen LogP contribution in [0.5, 0.6) is 11.5 Å². The van der Waals surface area contributed by atoms with Crippen LogP contribution in [0.1, 0.15) is 18.1 Å². The molecule has 2 aromatic rings. The largest absolute Gasteiger partial charge is 0.490 e. The molecule has 0 bridgehead atoms. The number of anilines is 1. The van der Waals surface area contributed by atoms with Crippen LogP contribution in [0.3, 0.4) is 0 Å². The highest BCUT2D eigenvalue weighted by atomic mass is 16.5. The molecule has 4 nitrogen and oxygen atoms in total. The van der Waals surface area contributed by atoms with Crippen molar-refractivity contribution in [3.63, 3.8) is 0 Å². The van der Waals surface area contributed by atoms with Crippen LogP contribution in [0.2, 0.25) is 0 Å². The van der Waals surface area contributed by atoms with Crippen molar-refractivity contribution in [2.75, 3.05) is 18.6 Å². The van der Waals surface area contributed by atoms with Crippen LogP contribution in [0, 0.1) is 0 Å². The van der Waals surface area contributed by atoms with Crippen LogP contribution >= 0.6 is 0 Å². The van der Waals surface area contributed by atoms with Gasteiger partial charge in [0, 0.05) is 5.56 Å². The molecule has 0 unspecified atom stereocenters. The summed E-state index contributed by atoms with van der Waals surface area (Å²) in [4.78, 5) is 0. The molecule has 4 heteroatoms. The van der Waals surface area contributed by atoms with E-state index in [-0.39, 0.29) is 0 Å². The molecule has 0 spiro atoms. The number of benzene rings is 2. The molecule has 0 saturated heterocycles. The Morgan fingerprint density at radius 3 is 2.56 bits per heavy atom. The van der Waals surface area contributed by atoms with E-state index in [9.17, 15) is 0 Å². The maximum Gasteiger partial charge on any atom is 0.165 e. The molecule has 0 heterocycles. The van der Waals surface area contributed by atoms with E-state index in [1.807, 2.05) is 55.5 Å². The monoisotopic (exact) mass is 336 g/mol. The molecule has 2 aromatic carbocycles. The number of hydrogen-bond acceptors (Lipinski definition) is 4. The second kappa shape index (κ2) is 9.98. The van der Waals surface area contributed by atoms with E-state index in [2.05, 4.69) is 23.7 Å². The van der Waals surface area contributed by atoms with E-state index in [1.165, 1.54) is 0 Å². The van der Waals surface area contributed by atoms with Gasteiger partial charge in [-0.15, -0.1) is 6.58 Å². The Balaban J connectivity index is 2.27. The van der Waals surface area contributed by atoms with E-state index >= 15 is 0 Å². The molecule has 0 amide bonds. The normalized spacial score (nSPS) is 10.4. The summed E-state index contributed by atoms with van der Waals surface area (Å²) in [5.41, 5.74) is 5.87. The number of ether oxygens (including phenoxy) is 2. The van der Waals surface area contributed by atoms with Crippen LogP contribution in [0.25, 0.3) is 0 Å². The highest BCUT2D eigenvalue weighted by Crippen LogP contribution is 2.33. The number of nitrogens with zero attached hydrogens (tertiary/aromatic N) is 1. The number of hydrazone groups is 1. The minimum atomic E-state index is 0.424. The fourth-order valence-corrected chi connectivity index (χ4v) is 2.33. The molecule has 0 atom stereocenters. The first-order valence-electron chi connectivity index (χ1n) is 8.27. The number of para-hydroxylation sites is 1. The van der Waals surface area contributed by atoms with Gasteiger partial charge in [-0.25, -0.2) is 0 Å². The smallest absolute Gasteiger partial charge is 0.165 e. The Labute approximate surface area is 149 Å². The molecular weight excluding hydrogens is 312 g/mol. The first kappa shape index (κ1) is 18.3. The number of allylic oxidation sites excluding steroid dienone is 1. The highest BCUT2D eigenvalue weighted by Gasteiger charge is 2.12. The average Bonchev–Trinajstić information content (AvgIpc) is 2.62. The van der Waals surface area contributed by atoms with Gasteiger partial charge in [-0.2, -0.15) is 5.10 Å². The first-order valence-corrected chi connectivity index (χ1v) is 8.27. The van der Waals surface area contributed by atoms with Crippen molar-refractivity contribution in [3.8, 4) is 11.5 Å². The van der Waals surface area contributed by atoms with Gasteiger partial charge in [-0.05, 0) is 43.2 Å². The van der Waals surface area contributed by atoms with Gasteiger partial charge in [-0.1, -0.05) is 36.9 Å². The van der Waals surface area contributed by atoms with Crippen molar-refractivity contribution < 1.29 is 9.47 Å². The lowest BCUT2D eigenvalue weighted by atomic mass is 10.1. The van der Waals surface area contributed by atoms with E-state index in [0.717, 1.165) is 22.6 Å². The number of hydrogen-bond donors (Lipinski definition) is 1. The highest BCUT2D eigenvalue weighted by molar-refractivity contribution is 5.82. The third-order valence-electron chi connectivity index (χ3n) is 3.34. The Kier molecular flexibility index (Phi) is 7.32. The van der Waals surface area contributed by atoms with Crippen LogP contribution in [-0.4, -0.2) is 19.4 Å². The van der Waals surface area contributed by atoms with E-state index in [4.69, 9.17) is 9.47 Å². The molecule has 25 heavy (non-hydrogen) atoms. The van der Waals surface area contributed by atoms with Gasteiger partial charge < -0.3 is 9.47 Å². The van der Waals surface area contributed by atoms with E-state index in [1.54, 1.807) is 12.3 Å². The summed E-state index contributed by atoms with van der Waals surface area (Å²) < 4.78 is 11.6. The van der Waals surface area contributed by atoms with Gasteiger partial charge in [0.2, 0.25) is 0 Å². The summed E-state index contributed by atoms with van der Waals surface area (Å²) in [6.07, 6.45) is 6.00. The molecule has 0 radical (unpaired) electrons. The van der Waals surface area contributed by atoms with Gasteiger partial charge in [0.1, 0.15) is 6.61 Å². The topological polar surface area (TPSA) is 42.8 Å². The SMILES string of the molecule is C=CCOc1c(CC=C)cc(C=NNc2ccccc2)cc1OCC. The van der Waals surface area contributed by atoms with Crippen LogP contribution in [-0.2, 0) is 6.42 Å². The predicted octanol–water partition coefficient (Wildman–Crippen LogP) is 4.82. The summed E-state index contributed by atoms with van der Waals surface area (Å²) in [7, 11) is 0. The quantitative estimate of drug-likeness (QED) is 0.384. The minimum Gasteiger partial charge on any atom is -0.490 e. The zero-order valence-electron chi connectivity index (χ0n) is 14.6. The fourth-order valence-electron chi connectivity index (χ4n) is 2.33. The summed E-state index contributed by atoms with van der Waals surface area (Å²) in [5, 5.41) is 4.29. The summed E-state index contributed by atoms with van der Waals surface area (Å²) in [6, 6.07) is 13.7. The van der Waals surface area contributed by atoms with Gasteiger partial charge in [0.15, 0.2) is 11.5 Å². The standard InChI is InChI=1S/C21H24N2O2/c1-4-10-18-14-17(16-22-23-19-11-8-7-9-12-19)15-20(24-6-3)21(18)25-13-5-2/h4-5,7-9,11-12,14-16,23H,1-2,6,10,13H2,3H3. The van der Waals surface area contributed by atoms with Gasteiger partial charge in [0.05, 0.1) is 18.5 Å². The Morgan fingerprint density at radius 2 is 1.88 bits per heavy atom.